The highest BCUT2D eigenvalue weighted by Crippen LogP contribution is 2.34. The van der Waals surface area contributed by atoms with Gasteiger partial charge in [0.2, 0.25) is 5.91 Å². The molecule has 1 amide bonds. The third-order valence-electron chi connectivity index (χ3n) is 3.63. The Balaban J connectivity index is 1.61. The molecule has 5 heteroatoms. The molecule has 0 atom stereocenters. The average molecular weight is 342 g/mol. The fraction of sp³-hybridized carbons (Fsp3) is 0.222. The zero-order valence-electron chi connectivity index (χ0n) is 13.1. The minimum atomic E-state index is 0.00885. The van der Waals surface area contributed by atoms with Crippen molar-refractivity contribution < 1.29 is 4.79 Å². The highest BCUT2D eigenvalue weighted by atomic mass is 32.2. The van der Waals surface area contributed by atoms with Gasteiger partial charge in [0.15, 0.2) is 0 Å². The molecule has 0 aliphatic carbocycles. The van der Waals surface area contributed by atoms with E-state index in [9.17, 15) is 4.79 Å². The molecular weight excluding hydrogens is 324 g/mol. The van der Waals surface area contributed by atoms with Crippen LogP contribution in [-0.4, -0.2) is 16.0 Å². The number of fused-ring (bicyclic) bond motifs is 1. The first-order valence-electron chi connectivity index (χ1n) is 7.42. The summed E-state index contributed by atoms with van der Waals surface area (Å²) in [5.74, 6) is 1.30. The molecule has 3 rings (SSSR count). The van der Waals surface area contributed by atoms with E-state index in [0.717, 1.165) is 32.6 Å². The van der Waals surface area contributed by atoms with Crippen LogP contribution >= 0.6 is 23.5 Å². The van der Waals surface area contributed by atoms with Crippen LogP contribution in [-0.2, 0) is 10.5 Å². The summed E-state index contributed by atoms with van der Waals surface area (Å²) >= 11 is 3.19. The van der Waals surface area contributed by atoms with Gasteiger partial charge in [-0.3, -0.25) is 4.79 Å². The number of rotatable bonds is 3. The van der Waals surface area contributed by atoms with Gasteiger partial charge in [-0.15, -0.1) is 0 Å². The number of thioether (sulfide) groups is 2. The lowest BCUT2D eigenvalue weighted by Crippen LogP contribution is -2.16. The van der Waals surface area contributed by atoms with Crippen molar-refractivity contribution in [3.05, 3.63) is 59.2 Å². The Bertz CT molecular complexity index is 751. The molecule has 0 radical (unpaired) electrons. The average Bonchev–Trinajstić information content (AvgIpc) is 2.56. The molecule has 0 saturated heterocycles. The summed E-state index contributed by atoms with van der Waals surface area (Å²) in [4.78, 5) is 16.8. The number of hydrogen-bond acceptors (Lipinski definition) is 4. The number of para-hydroxylation sites is 2. The molecule has 1 N–H and O–H groups in total. The van der Waals surface area contributed by atoms with Crippen LogP contribution in [0.3, 0.4) is 0 Å². The van der Waals surface area contributed by atoms with Gasteiger partial charge in [0, 0.05) is 11.4 Å². The maximum absolute atomic E-state index is 12.2. The highest BCUT2D eigenvalue weighted by molar-refractivity contribution is 8.38. The van der Waals surface area contributed by atoms with Crippen LogP contribution in [0.2, 0.25) is 0 Å². The van der Waals surface area contributed by atoms with Crippen molar-refractivity contribution in [2.75, 3.05) is 11.1 Å². The molecule has 3 nitrogen and oxygen atoms in total. The Kier molecular flexibility index (Phi) is 5.08. The molecular formula is C18H18N2OS2. The first-order chi connectivity index (χ1) is 11.1. The van der Waals surface area contributed by atoms with E-state index < -0.39 is 0 Å². The molecule has 0 unspecified atom stereocenters. The van der Waals surface area contributed by atoms with Crippen molar-refractivity contribution in [3.8, 4) is 0 Å². The zero-order valence-corrected chi connectivity index (χ0v) is 14.8. The number of carbonyl (C=O) groups is 1. The van der Waals surface area contributed by atoms with Gasteiger partial charge in [-0.2, -0.15) is 0 Å². The first kappa shape index (κ1) is 16.1. The molecule has 118 valence electrons. The van der Waals surface area contributed by atoms with Crippen LogP contribution in [0.4, 0.5) is 11.4 Å². The molecule has 0 fully saturated rings. The van der Waals surface area contributed by atoms with Gasteiger partial charge in [0.25, 0.3) is 0 Å². The van der Waals surface area contributed by atoms with Crippen LogP contribution in [0.15, 0.2) is 47.5 Å². The predicted octanol–water partition coefficient (Wildman–Crippen LogP) is 4.91. The summed E-state index contributed by atoms with van der Waals surface area (Å²) in [5, 5.41) is 3.01. The molecule has 1 aliphatic heterocycles. The third kappa shape index (κ3) is 3.98. The van der Waals surface area contributed by atoms with Gasteiger partial charge in [-0.1, -0.05) is 59.9 Å². The van der Waals surface area contributed by atoms with Crippen molar-refractivity contribution in [2.45, 2.75) is 19.6 Å². The summed E-state index contributed by atoms with van der Waals surface area (Å²) in [5.41, 5.74) is 5.36. The summed E-state index contributed by atoms with van der Waals surface area (Å²) in [6, 6.07) is 14.2. The lowest BCUT2D eigenvalue weighted by molar-refractivity contribution is -0.113. The lowest BCUT2D eigenvalue weighted by Gasteiger charge is -2.15. The Morgan fingerprint density at radius 3 is 2.70 bits per heavy atom. The fourth-order valence-electron chi connectivity index (χ4n) is 2.40. The lowest BCUT2D eigenvalue weighted by atomic mass is 10.1. The van der Waals surface area contributed by atoms with Crippen LogP contribution in [0.25, 0.3) is 0 Å². The molecule has 2 aromatic carbocycles. The first-order valence-corrected chi connectivity index (χ1v) is 9.39. The van der Waals surface area contributed by atoms with Crippen molar-refractivity contribution in [1.29, 1.82) is 0 Å². The molecule has 0 saturated carbocycles. The van der Waals surface area contributed by atoms with Gasteiger partial charge in [0.05, 0.1) is 11.4 Å². The molecule has 0 bridgehead atoms. The van der Waals surface area contributed by atoms with E-state index in [2.05, 4.69) is 16.4 Å². The highest BCUT2D eigenvalue weighted by Gasteiger charge is 2.14. The summed E-state index contributed by atoms with van der Waals surface area (Å²) in [7, 11) is 0. The number of aliphatic imine (C=N–C) groups is 1. The van der Waals surface area contributed by atoms with Crippen molar-refractivity contribution >= 4 is 45.2 Å². The second-order valence-electron chi connectivity index (χ2n) is 5.40. The second-order valence-corrected chi connectivity index (χ2v) is 7.59. The van der Waals surface area contributed by atoms with E-state index in [0.29, 0.717) is 5.75 Å². The Morgan fingerprint density at radius 1 is 1.17 bits per heavy atom. The van der Waals surface area contributed by atoms with Gasteiger partial charge in [-0.05, 0) is 36.6 Å². The minimum absolute atomic E-state index is 0.00885. The maximum atomic E-state index is 12.2. The van der Waals surface area contributed by atoms with Gasteiger partial charge in [-0.25, -0.2) is 4.99 Å². The van der Waals surface area contributed by atoms with Crippen molar-refractivity contribution in [2.24, 2.45) is 4.99 Å². The van der Waals surface area contributed by atoms with Crippen LogP contribution in [0, 0.1) is 13.8 Å². The van der Waals surface area contributed by atoms with Crippen molar-refractivity contribution in [3.63, 3.8) is 0 Å². The Labute approximate surface area is 145 Å². The second kappa shape index (κ2) is 7.23. The predicted molar refractivity (Wildman–Crippen MR) is 102 cm³/mol. The van der Waals surface area contributed by atoms with E-state index in [1.54, 1.807) is 11.8 Å². The normalized spacial score (nSPS) is 13.2. The molecule has 2 aromatic rings. The van der Waals surface area contributed by atoms with Gasteiger partial charge < -0.3 is 5.32 Å². The molecule has 0 spiro atoms. The fourth-order valence-corrected chi connectivity index (χ4v) is 4.26. The summed E-state index contributed by atoms with van der Waals surface area (Å²) in [6.45, 7) is 4.02. The molecule has 0 aromatic heterocycles. The maximum Gasteiger partial charge on any atom is 0.234 e. The van der Waals surface area contributed by atoms with Crippen LogP contribution < -0.4 is 5.32 Å². The standard InChI is InChI=1S/C18H18N2OS2/c1-12-6-5-7-13(2)17(12)20-16(21)11-23-18-19-15-9-4-3-8-14(15)10-22-18/h3-9H,10-11H2,1-2H3,(H,20,21). The van der Waals surface area contributed by atoms with E-state index in [-0.39, 0.29) is 5.91 Å². The minimum Gasteiger partial charge on any atom is -0.325 e. The van der Waals surface area contributed by atoms with Crippen LogP contribution in [0.5, 0.6) is 0 Å². The number of anilines is 1. The van der Waals surface area contributed by atoms with Gasteiger partial charge >= 0.3 is 0 Å². The largest absolute Gasteiger partial charge is 0.325 e. The number of benzene rings is 2. The quantitative estimate of drug-likeness (QED) is 0.862. The summed E-state index contributed by atoms with van der Waals surface area (Å²) < 4.78 is 0.959. The monoisotopic (exact) mass is 342 g/mol. The molecule has 23 heavy (non-hydrogen) atoms. The van der Waals surface area contributed by atoms with E-state index >= 15 is 0 Å². The van der Waals surface area contributed by atoms with Gasteiger partial charge in [0.1, 0.15) is 4.38 Å². The molecule has 1 heterocycles. The third-order valence-corrected chi connectivity index (χ3v) is 5.87. The SMILES string of the molecule is Cc1cccc(C)c1NC(=O)CSC1=Nc2ccccc2CS1. The molecule has 1 aliphatic rings. The van der Waals surface area contributed by atoms with E-state index in [1.807, 2.05) is 50.2 Å². The number of aryl methyl sites for hydroxylation is 2. The number of amides is 1. The summed E-state index contributed by atoms with van der Waals surface area (Å²) in [6.07, 6.45) is 0. The number of hydrogen-bond donors (Lipinski definition) is 1. The number of nitrogens with zero attached hydrogens (tertiary/aromatic N) is 1. The smallest absolute Gasteiger partial charge is 0.234 e. The van der Waals surface area contributed by atoms with E-state index in [1.165, 1.54) is 17.3 Å². The number of carbonyl (C=O) groups excluding carboxylic acids is 1. The van der Waals surface area contributed by atoms with Crippen LogP contribution in [0.1, 0.15) is 16.7 Å². The van der Waals surface area contributed by atoms with E-state index in [4.69, 9.17) is 0 Å². The number of nitrogens with one attached hydrogen (secondary N) is 1. The zero-order chi connectivity index (χ0) is 16.2. The topological polar surface area (TPSA) is 41.5 Å². The Hall–Kier alpha value is -1.72. The van der Waals surface area contributed by atoms with Crippen molar-refractivity contribution in [1.82, 2.24) is 0 Å². The Morgan fingerprint density at radius 2 is 1.91 bits per heavy atom.